The van der Waals surface area contributed by atoms with Gasteiger partial charge in [0, 0.05) is 26.2 Å². The van der Waals surface area contributed by atoms with Crippen LogP contribution in [0.2, 0.25) is 0 Å². The number of amides is 2. The Morgan fingerprint density at radius 2 is 1.58 bits per heavy atom. The molecule has 1 aromatic heterocycles. The molecule has 1 aliphatic rings. The molecule has 0 spiro atoms. The number of hydrogen-bond acceptors (Lipinski definition) is 4. The van der Waals surface area contributed by atoms with Crippen LogP contribution in [0.5, 0.6) is 0 Å². The molecular weight excluding hydrogens is 403 g/mol. The van der Waals surface area contributed by atoms with Gasteiger partial charge in [-0.1, -0.05) is 24.3 Å². The lowest BCUT2D eigenvalue weighted by molar-refractivity contribution is -0.131. The van der Waals surface area contributed by atoms with Crippen molar-refractivity contribution < 1.29 is 14.0 Å². The molecule has 1 saturated heterocycles. The number of para-hydroxylation sites is 1. The summed E-state index contributed by atoms with van der Waals surface area (Å²) in [5.74, 6) is -1.39. The first-order valence-corrected chi connectivity index (χ1v) is 9.99. The van der Waals surface area contributed by atoms with Crippen LogP contribution in [0, 0.1) is 5.82 Å². The summed E-state index contributed by atoms with van der Waals surface area (Å²) in [5.41, 5.74) is -0.767. The fourth-order valence-electron chi connectivity index (χ4n) is 3.75. The summed E-state index contributed by atoms with van der Waals surface area (Å²) in [6.45, 7) is 0.842. The van der Waals surface area contributed by atoms with Crippen LogP contribution in [0.3, 0.4) is 0 Å². The fourth-order valence-corrected chi connectivity index (χ4v) is 3.75. The highest BCUT2D eigenvalue weighted by Crippen LogP contribution is 2.13. The highest BCUT2D eigenvalue weighted by molar-refractivity contribution is 5.94. The van der Waals surface area contributed by atoms with Gasteiger partial charge in [-0.2, -0.15) is 0 Å². The van der Waals surface area contributed by atoms with Crippen molar-refractivity contribution >= 4 is 22.7 Å². The third kappa shape index (κ3) is 4.11. The highest BCUT2D eigenvalue weighted by atomic mass is 19.1. The second kappa shape index (κ2) is 8.55. The summed E-state index contributed by atoms with van der Waals surface area (Å²) in [5, 5.41) is 0.326. The van der Waals surface area contributed by atoms with Gasteiger partial charge >= 0.3 is 5.69 Å². The minimum Gasteiger partial charge on any atom is -0.339 e. The smallest absolute Gasteiger partial charge is 0.329 e. The van der Waals surface area contributed by atoms with Crippen LogP contribution in [0.15, 0.2) is 58.1 Å². The molecule has 0 radical (unpaired) electrons. The summed E-state index contributed by atoms with van der Waals surface area (Å²) in [7, 11) is 0. The molecule has 2 amide bonds. The molecule has 0 unspecified atom stereocenters. The Bertz CT molecular complexity index is 1270. The van der Waals surface area contributed by atoms with Crippen molar-refractivity contribution in [1.29, 1.82) is 0 Å². The van der Waals surface area contributed by atoms with Gasteiger partial charge in [0.05, 0.1) is 16.5 Å². The fraction of sp³-hybridized carbons (Fsp3) is 0.273. The summed E-state index contributed by atoms with van der Waals surface area (Å²) in [6.07, 6.45) is 0.509. The molecule has 1 fully saturated rings. The highest BCUT2D eigenvalue weighted by Gasteiger charge is 2.25. The maximum atomic E-state index is 14.0. The van der Waals surface area contributed by atoms with Gasteiger partial charge in [-0.05, 0) is 30.7 Å². The zero-order chi connectivity index (χ0) is 22.0. The Labute approximate surface area is 176 Å². The van der Waals surface area contributed by atoms with Gasteiger partial charge in [0.25, 0.3) is 11.5 Å². The van der Waals surface area contributed by atoms with E-state index in [0.29, 0.717) is 30.4 Å². The monoisotopic (exact) mass is 424 g/mol. The first kappa shape index (κ1) is 20.5. The van der Waals surface area contributed by atoms with E-state index in [1.807, 2.05) is 0 Å². The standard InChI is InChI=1S/C22H21FN4O4/c23-17-8-3-1-6-15(17)20(29)26-11-5-10-25(12-13-26)19(28)14-27-21(30)16-7-2-4-9-18(16)24-22(27)31/h1-4,6-9H,5,10-14H2,(H,24,31). The molecule has 2 aromatic carbocycles. The molecule has 31 heavy (non-hydrogen) atoms. The molecule has 0 atom stereocenters. The normalized spacial score (nSPS) is 14.5. The van der Waals surface area contributed by atoms with Crippen molar-refractivity contribution in [3.05, 3.63) is 80.7 Å². The molecule has 1 aliphatic heterocycles. The van der Waals surface area contributed by atoms with E-state index in [0.717, 1.165) is 4.57 Å². The number of carbonyl (C=O) groups excluding carboxylic acids is 2. The topological polar surface area (TPSA) is 95.5 Å². The van der Waals surface area contributed by atoms with Gasteiger partial charge in [-0.25, -0.2) is 9.18 Å². The number of aromatic amines is 1. The molecule has 9 heteroatoms. The lowest BCUT2D eigenvalue weighted by atomic mass is 10.2. The zero-order valence-corrected chi connectivity index (χ0v) is 16.7. The third-order valence-electron chi connectivity index (χ3n) is 5.42. The van der Waals surface area contributed by atoms with Gasteiger partial charge < -0.3 is 14.8 Å². The number of nitrogens with zero attached hydrogens (tertiary/aromatic N) is 3. The second-order valence-corrected chi connectivity index (χ2v) is 7.37. The molecule has 0 bridgehead atoms. The number of nitrogens with one attached hydrogen (secondary N) is 1. The lowest BCUT2D eigenvalue weighted by Crippen LogP contribution is -2.43. The molecule has 0 aliphatic carbocycles. The average Bonchev–Trinajstić information content (AvgIpc) is 3.03. The second-order valence-electron chi connectivity index (χ2n) is 7.37. The predicted molar refractivity (Wildman–Crippen MR) is 112 cm³/mol. The molecule has 160 valence electrons. The summed E-state index contributed by atoms with van der Waals surface area (Å²) < 4.78 is 14.8. The van der Waals surface area contributed by atoms with E-state index in [4.69, 9.17) is 0 Å². The van der Waals surface area contributed by atoms with Crippen molar-refractivity contribution in [3.8, 4) is 0 Å². The van der Waals surface area contributed by atoms with Crippen LogP contribution in [0.4, 0.5) is 4.39 Å². The number of benzene rings is 2. The van der Waals surface area contributed by atoms with Crippen molar-refractivity contribution in [2.75, 3.05) is 26.2 Å². The van der Waals surface area contributed by atoms with Gasteiger partial charge in [0.15, 0.2) is 0 Å². The molecule has 8 nitrogen and oxygen atoms in total. The predicted octanol–water partition coefficient (Wildman–Crippen LogP) is 1.20. The van der Waals surface area contributed by atoms with Crippen LogP contribution in [-0.2, 0) is 11.3 Å². The van der Waals surface area contributed by atoms with Gasteiger partial charge in [0.2, 0.25) is 5.91 Å². The van der Waals surface area contributed by atoms with E-state index < -0.39 is 23.0 Å². The van der Waals surface area contributed by atoms with Crippen molar-refractivity contribution in [2.24, 2.45) is 0 Å². The number of rotatable bonds is 3. The maximum absolute atomic E-state index is 14.0. The Morgan fingerprint density at radius 1 is 0.903 bits per heavy atom. The van der Waals surface area contributed by atoms with Gasteiger partial charge in [0.1, 0.15) is 12.4 Å². The molecule has 1 N–H and O–H groups in total. The molecule has 2 heterocycles. The largest absolute Gasteiger partial charge is 0.339 e. The van der Waals surface area contributed by atoms with Crippen LogP contribution < -0.4 is 11.2 Å². The van der Waals surface area contributed by atoms with E-state index in [1.165, 1.54) is 28.0 Å². The van der Waals surface area contributed by atoms with Gasteiger partial charge in [-0.3, -0.25) is 19.0 Å². The van der Waals surface area contributed by atoms with E-state index in [-0.39, 0.29) is 31.1 Å². The van der Waals surface area contributed by atoms with Crippen LogP contribution >= 0.6 is 0 Å². The number of carbonyl (C=O) groups is 2. The van der Waals surface area contributed by atoms with Crippen molar-refractivity contribution in [3.63, 3.8) is 0 Å². The lowest BCUT2D eigenvalue weighted by Gasteiger charge is -2.22. The Morgan fingerprint density at radius 3 is 2.39 bits per heavy atom. The molecule has 0 saturated carbocycles. The van der Waals surface area contributed by atoms with Gasteiger partial charge in [-0.15, -0.1) is 0 Å². The SMILES string of the molecule is O=C(Cn1c(=O)[nH]c2ccccc2c1=O)N1CCCN(C(=O)c2ccccc2F)CC1. The number of H-pyrrole nitrogens is 1. The molecule has 3 aromatic rings. The number of aromatic nitrogens is 2. The Hall–Kier alpha value is -3.75. The van der Waals surface area contributed by atoms with E-state index >= 15 is 0 Å². The van der Waals surface area contributed by atoms with E-state index in [2.05, 4.69) is 4.98 Å². The zero-order valence-electron chi connectivity index (χ0n) is 16.7. The van der Waals surface area contributed by atoms with Crippen molar-refractivity contribution in [1.82, 2.24) is 19.4 Å². The summed E-state index contributed by atoms with van der Waals surface area (Å²) in [4.78, 5) is 56.1. The maximum Gasteiger partial charge on any atom is 0.329 e. The van der Waals surface area contributed by atoms with Crippen LogP contribution in [-0.4, -0.2) is 57.3 Å². The summed E-state index contributed by atoms with van der Waals surface area (Å²) >= 11 is 0. The van der Waals surface area contributed by atoms with Crippen LogP contribution in [0.1, 0.15) is 16.8 Å². The average molecular weight is 424 g/mol. The number of hydrogen-bond donors (Lipinski definition) is 1. The van der Waals surface area contributed by atoms with E-state index in [9.17, 15) is 23.6 Å². The first-order chi connectivity index (χ1) is 15.0. The summed E-state index contributed by atoms with van der Waals surface area (Å²) in [6, 6.07) is 12.4. The van der Waals surface area contributed by atoms with E-state index in [1.54, 1.807) is 30.3 Å². The number of fused-ring (bicyclic) bond motifs is 1. The van der Waals surface area contributed by atoms with Crippen LogP contribution in [0.25, 0.3) is 10.9 Å². The first-order valence-electron chi connectivity index (χ1n) is 9.99. The minimum atomic E-state index is -0.650. The minimum absolute atomic E-state index is 0.00322. The quantitative estimate of drug-likeness (QED) is 0.684. The Kier molecular flexibility index (Phi) is 5.66. The van der Waals surface area contributed by atoms with Crippen molar-refractivity contribution in [2.45, 2.75) is 13.0 Å². The number of halogens is 1. The molecular formula is C22H21FN4O4. The third-order valence-corrected chi connectivity index (χ3v) is 5.42. The Balaban J connectivity index is 1.48. The molecule has 4 rings (SSSR count).